The Morgan fingerprint density at radius 1 is 0.411 bits per heavy atom. The van der Waals surface area contributed by atoms with Crippen LogP contribution in [-0.2, 0) is 0 Å². The maximum atomic E-state index is 5.41. The molecule has 0 aliphatic carbocycles. The standard InChI is InChI=1S/C51H36N4Si/c1-56(2)45-24-11-9-19-40(45)48-42(21-13-25-46(48)56)51-53-49(35-29-26-34(27-30-35)37-31-28-33-14-6-7-15-36(33)32-37)52-50(54-51)41-20-12-23-44-47(41)39-18-8-10-22-43(39)55(44)38-16-4-3-5-17-38/h3-32H,1-2H3. The zero-order chi connectivity index (χ0) is 37.4. The van der Waals surface area contributed by atoms with Gasteiger partial charge in [-0.3, -0.25) is 0 Å². The van der Waals surface area contributed by atoms with E-state index in [1.807, 2.05) is 0 Å². The Morgan fingerprint density at radius 2 is 1.00 bits per heavy atom. The first kappa shape index (κ1) is 32.5. The molecule has 4 nitrogen and oxygen atoms in total. The summed E-state index contributed by atoms with van der Waals surface area (Å²) in [5, 5.41) is 7.63. The van der Waals surface area contributed by atoms with Crippen molar-refractivity contribution in [2.24, 2.45) is 0 Å². The highest BCUT2D eigenvalue weighted by atomic mass is 28.3. The van der Waals surface area contributed by atoms with Gasteiger partial charge >= 0.3 is 0 Å². The quantitative estimate of drug-likeness (QED) is 0.166. The van der Waals surface area contributed by atoms with Crippen molar-refractivity contribution < 1.29 is 0 Å². The summed E-state index contributed by atoms with van der Waals surface area (Å²) in [6, 6.07) is 65.1. The third kappa shape index (κ3) is 5.01. The number of hydrogen-bond acceptors (Lipinski definition) is 3. The molecular weight excluding hydrogens is 697 g/mol. The van der Waals surface area contributed by atoms with Crippen molar-refractivity contribution in [1.82, 2.24) is 19.5 Å². The summed E-state index contributed by atoms with van der Waals surface area (Å²) in [5.41, 5.74) is 11.2. The summed E-state index contributed by atoms with van der Waals surface area (Å²) in [5.74, 6) is 2.00. The van der Waals surface area contributed by atoms with E-state index in [0.717, 1.165) is 49.7 Å². The molecule has 0 saturated heterocycles. The number of hydrogen-bond donors (Lipinski definition) is 0. The average Bonchev–Trinajstić information content (AvgIpc) is 3.72. The molecule has 1 aliphatic heterocycles. The number of rotatable bonds is 5. The molecule has 0 atom stereocenters. The fraction of sp³-hybridized carbons (Fsp3) is 0.0392. The minimum absolute atomic E-state index is 0.652. The van der Waals surface area contributed by atoms with E-state index < -0.39 is 8.07 Å². The van der Waals surface area contributed by atoms with Crippen LogP contribution in [0.15, 0.2) is 182 Å². The Bertz CT molecular complexity index is 3160. The molecule has 11 rings (SSSR count). The minimum atomic E-state index is -1.93. The van der Waals surface area contributed by atoms with Gasteiger partial charge in [0.25, 0.3) is 0 Å². The number of aromatic nitrogens is 4. The highest BCUT2D eigenvalue weighted by Gasteiger charge is 2.39. The second-order valence-electron chi connectivity index (χ2n) is 15.2. The SMILES string of the molecule is C[Si]1(C)c2ccccc2-c2c(-c3nc(-c4ccc(-c5ccc6ccccc6c5)cc4)nc(-c4cccc5c4c4ccccc4n5-c4ccccc4)n3)cccc21. The van der Waals surface area contributed by atoms with Gasteiger partial charge in [0.15, 0.2) is 17.5 Å². The maximum absolute atomic E-state index is 5.41. The molecule has 0 amide bonds. The lowest BCUT2D eigenvalue weighted by Gasteiger charge is -2.19. The van der Waals surface area contributed by atoms with Crippen LogP contribution in [0.4, 0.5) is 0 Å². The molecule has 0 radical (unpaired) electrons. The molecule has 0 N–H and O–H groups in total. The Balaban J connectivity index is 1.14. The first-order chi connectivity index (χ1) is 27.5. The summed E-state index contributed by atoms with van der Waals surface area (Å²) in [6.45, 7) is 4.90. The fourth-order valence-electron chi connectivity index (χ4n) is 8.93. The molecular formula is C51H36N4Si. The topological polar surface area (TPSA) is 43.6 Å². The smallest absolute Gasteiger partial charge is 0.164 e. The van der Waals surface area contributed by atoms with Crippen molar-refractivity contribution in [3.63, 3.8) is 0 Å². The van der Waals surface area contributed by atoms with Crippen LogP contribution in [0.1, 0.15) is 0 Å². The van der Waals surface area contributed by atoms with Crippen LogP contribution in [0, 0.1) is 0 Å². The molecule has 56 heavy (non-hydrogen) atoms. The third-order valence-corrected chi connectivity index (χ3v) is 15.2. The van der Waals surface area contributed by atoms with Gasteiger partial charge < -0.3 is 4.57 Å². The number of nitrogens with zero attached hydrogens (tertiary/aromatic N) is 4. The average molecular weight is 733 g/mol. The molecule has 0 saturated carbocycles. The van der Waals surface area contributed by atoms with E-state index in [2.05, 4.69) is 200 Å². The summed E-state index contributed by atoms with van der Waals surface area (Å²) < 4.78 is 2.34. The van der Waals surface area contributed by atoms with Crippen LogP contribution in [0.3, 0.4) is 0 Å². The molecule has 8 aromatic carbocycles. The van der Waals surface area contributed by atoms with Crippen LogP contribution in [-0.4, -0.2) is 27.6 Å². The lowest BCUT2D eigenvalue weighted by Crippen LogP contribution is -2.49. The van der Waals surface area contributed by atoms with Crippen molar-refractivity contribution in [1.29, 1.82) is 0 Å². The molecule has 10 aromatic rings. The fourth-order valence-corrected chi connectivity index (χ4v) is 12.0. The van der Waals surface area contributed by atoms with Gasteiger partial charge in [0.1, 0.15) is 8.07 Å². The Labute approximate surface area is 326 Å². The summed E-state index contributed by atoms with van der Waals surface area (Å²) >= 11 is 0. The van der Waals surface area contributed by atoms with Crippen LogP contribution < -0.4 is 10.4 Å². The number of benzene rings is 8. The van der Waals surface area contributed by atoms with Crippen molar-refractivity contribution in [2.75, 3.05) is 0 Å². The summed E-state index contributed by atoms with van der Waals surface area (Å²) in [4.78, 5) is 16.1. The Morgan fingerprint density at radius 3 is 1.86 bits per heavy atom. The zero-order valence-corrected chi connectivity index (χ0v) is 32.1. The molecule has 3 heterocycles. The molecule has 2 aromatic heterocycles. The van der Waals surface area contributed by atoms with Gasteiger partial charge in [0, 0.05) is 33.2 Å². The molecule has 5 heteroatoms. The lowest BCUT2D eigenvalue weighted by atomic mass is 9.98. The summed E-state index contributed by atoms with van der Waals surface area (Å²) in [6.07, 6.45) is 0. The number of para-hydroxylation sites is 2. The van der Waals surface area contributed by atoms with Crippen LogP contribution in [0.2, 0.25) is 13.1 Å². The van der Waals surface area contributed by atoms with E-state index in [9.17, 15) is 0 Å². The van der Waals surface area contributed by atoms with Gasteiger partial charge in [-0.25, -0.2) is 15.0 Å². The number of fused-ring (bicyclic) bond motifs is 7. The highest BCUT2D eigenvalue weighted by Crippen LogP contribution is 2.40. The Kier molecular flexibility index (Phi) is 7.28. The Hall–Kier alpha value is -6.95. The van der Waals surface area contributed by atoms with Gasteiger partial charge in [-0.05, 0) is 73.7 Å². The molecule has 1 aliphatic rings. The molecule has 0 unspecified atom stereocenters. The first-order valence-corrected chi connectivity index (χ1v) is 22.2. The van der Waals surface area contributed by atoms with Gasteiger partial charge in [-0.15, -0.1) is 0 Å². The maximum Gasteiger partial charge on any atom is 0.164 e. The van der Waals surface area contributed by atoms with E-state index >= 15 is 0 Å². The monoisotopic (exact) mass is 732 g/mol. The van der Waals surface area contributed by atoms with E-state index in [4.69, 9.17) is 15.0 Å². The second kappa shape index (κ2) is 12.6. The lowest BCUT2D eigenvalue weighted by molar-refractivity contribution is 1.08. The van der Waals surface area contributed by atoms with Gasteiger partial charge in [-0.1, -0.05) is 165 Å². The predicted octanol–water partition coefficient (Wildman–Crippen LogP) is 11.6. The van der Waals surface area contributed by atoms with Crippen molar-refractivity contribution in [3.8, 4) is 62.1 Å². The molecule has 0 spiro atoms. The van der Waals surface area contributed by atoms with Gasteiger partial charge in [0.05, 0.1) is 11.0 Å². The van der Waals surface area contributed by atoms with Crippen LogP contribution >= 0.6 is 0 Å². The van der Waals surface area contributed by atoms with E-state index in [1.165, 1.54) is 37.8 Å². The van der Waals surface area contributed by atoms with Crippen molar-refractivity contribution in [2.45, 2.75) is 13.1 Å². The minimum Gasteiger partial charge on any atom is -0.309 e. The van der Waals surface area contributed by atoms with Gasteiger partial charge in [-0.2, -0.15) is 0 Å². The first-order valence-electron chi connectivity index (χ1n) is 19.2. The van der Waals surface area contributed by atoms with Crippen LogP contribution in [0.25, 0.3) is 94.7 Å². The summed E-state index contributed by atoms with van der Waals surface area (Å²) in [7, 11) is -1.93. The normalized spacial score (nSPS) is 13.0. The van der Waals surface area contributed by atoms with E-state index in [0.29, 0.717) is 17.5 Å². The van der Waals surface area contributed by atoms with Gasteiger partial charge in [0.2, 0.25) is 0 Å². The third-order valence-electron chi connectivity index (χ3n) is 11.7. The molecule has 0 bridgehead atoms. The van der Waals surface area contributed by atoms with Crippen LogP contribution in [0.5, 0.6) is 0 Å². The molecule has 264 valence electrons. The largest absolute Gasteiger partial charge is 0.309 e. The van der Waals surface area contributed by atoms with E-state index in [-0.39, 0.29) is 0 Å². The second-order valence-corrected chi connectivity index (χ2v) is 19.6. The van der Waals surface area contributed by atoms with Crippen molar-refractivity contribution in [3.05, 3.63) is 182 Å². The van der Waals surface area contributed by atoms with E-state index in [1.54, 1.807) is 0 Å². The zero-order valence-electron chi connectivity index (χ0n) is 31.1. The predicted molar refractivity (Wildman–Crippen MR) is 236 cm³/mol. The highest BCUT2D eigenvalue weighted by molar-refractivity contribution is 7.04. The van der Waals surface area contributed by atoms with Crippen molar-refractivity contribution >= 4 is 51.0 Å². The molecule has 0 fully saturated rings.